The van der Waals surface area contributed by atoms with Crippen molar-refractivity contribution in [2.24, 2.45) is 0 Å². The van der Waals surface area contributed by atoms with Crippen LogP contribution in [0, 0.1) is 6.92 Å². The molecular formula is C13H9NO. The van der Waals surface area contributed by atoms with E-state index in [0.717, 1.165) is 28.1 Å². The standard InChI is InChI=1S/C13H9NO/c1-8-6-7-11-12(14-8)9-4-2-3-5-10(9)13(11)15/h2-7H,1H3. The maximum Gasteiger partial charge on any atom is 0.195 e. The van der Waals surface area contributed by atoms with Gasteiger partial charge in [0.25, 0.3) is 0 Å². The van der Waals surface area contributed by atoms with E-state index in [9.17, 15) is 4.79 Å². The number of carbonyl (C=O) groups is 1. The summed E-state index contributed by atoms with van der Waals surface area (Å²) in [6.45, 7) is 1.94. The lowest BCUT2D eigenvalue weighted by Gasteiger charge is -1.98. The molecule has 0 N–H and O–H groups in total. The predicted molar refractivity (Wildman–Crippen MR) is 57.8 cm³/mol. The van der Waals surface area contributed by atoms with E-state index < -0.39 is 0 Å². The first-order chi connectivity index (χ1) is 7.27. The van der Waals surface area contributed by atoms with Crippen LogP contribution >= 0.6 is 0 Å². The van der Waals surface area contributed by atoms with Gasteiger partial charge >= 0.3 is 0 Å². The fourth-order valence-electron chi connectivity index (χ4n) is 1.98. The van der Waals surface area contributed by atoms with Gasteiger partial charge in [0, 0.05) is 22.4 Å². The van der Waals surface area contributed by atoms with Crippen molar-refractivity contribution in [3.05, 3.63) is 53.2 Å². The largest absolute Gasteiger partial charge is 0.289 e. The van der Waals surface area contributed by atoms with Gasteiger partial charge in [0.1, 0.15) is 0 Å². The molecule has 0 amide bonds. The summed E-state index contributed by atoms with van der Waals surface area (Å²) in [5.74, 6) is 0.0908. The zero-order valence-electron chi connectivity index (χ0n) is 8.32. The predicted octanol–water partition coefficient (Wildman–Crippen LogP) is 2.60. The van der Waals surface area contributed by atoms with Crippen LogP contribution in [0.1, 0.15) is 21.6 Å². The maximum absolute atomic E-state index is 12.0. The Morgan fingerprint density at radius 1 is 0.933 bits per heavy atom. The number of rotatable bonds is 0. The van der Waals surface area contributed by atoms with Gasteiger partial charge in [-0.25, -0.2) is 0 Å². The Morgan fingerprint density at radius 3 is 2.47 bits per heavy atom. The highest BCUT2D eigenvalue weighted by Gasteiger charge is 2.26. The maximum atomic E-state index is 12.0. The molecule has 2 nitrogen and oxygen atoms in total. The zero-order chi connectivity index (χ0) is 10.4. The fraction of sp³-hybridized carbons (Fsp3) is 0.0769. The number of nitrogens with zero attached hydrogens (tertiary/aromatic N) is 1. The molecule has 0 spiro atoms. The van der Waals surface area contributed by atoms with Crippen LogP contribution in [0.15, 0.2) is 36.4 Å². The highest BCUT2D eigenvalue weighted by molar-refractivity contribution is 6.20. The lowest BCUT2D eigenvalue weighted by Crippen LogP contribution is -1.95. The number of benzene rings is 1. The van der Waals surface area contributed by atoms with Crippen molar-refractivity contribution in [1.82, 2.24) is 4.98 Å². The summed E-state index contributed by atoms with van der Waals surface area (Å²) in [6.07, 6.45) is 0. The normalized spacial score (nSPS) is 12.5. The molecular weight excluding hydrogens is 186 g/mol. The first kappa shape index (κ1) is 8.36. The van der Waals surface area contributed by atoms with E-state index in [-0.39, 0.29) is 5.78 Å². The second-order valence-corrected chi connectivity index (χ2v) is 3.72. The molecule has 2 aromatic rings. The van der Waals surface area contributed by atoms with Crippen LogP contribution in [-0.2, 0) is 0 Å². The van der Waals surface area contributed by atoms with Crippen LogP contribution in [-0.4, -0.2) is 10.8 Å². The lowest BCUT2D eigenvalue weighted by atomic mass is 10.1. The second kappa shape index (κ2) is 2.76. The van der Waals surface area contributed by atoms with E-state index in [1.54, 1.807) is 0 Å². The van der Waals surface area contributed by atoms with Crippen molar-refractivity contribution in [3.63, 3.8) is 0 Å². The summed E-state index contributed by atoms with van der Waals surface area (Å²) in [5.41, 5.74) is 4.22. The number of carbonyl (C=O) groups excluding carboxylic acids is 1. The van der Waals surface area contributed by atoms with Gasteiger partial charge in [-0.3, -0.25) is 9.78 Å². The van der Waals surface area contributed by atoms with Gasteiger partial charge in [-0.15, -0.1) is 0 Å². The minimum atomic E-state index is 0.0908. The highest BCUT2D eigenvalue weighted by atomic mass is 16.1. The quantitative estimate of drug-likeness (QED) is 0.552. The number of fused-ring (bicyclic) bond motifs is 3. The average molecular weight is 195 g/mol. The number of hydrogen-bond donors (Lipinski definition) is 0. The van der Waals surface area contributed by atoms with E-state index in [4.69, 9.17) is 0 Å². The van der Waals surface area contributed by atoms with Crippen LogP contribution in [0.4, 0.5) is 0 Å². The van der Waals surface area contributed by atoms with Crippen molar-refractivity contribution in [3.8, 4) is 11.3 Å². The summed E-state index contributed by atoms with van der Waals surface area (Å²) < 4.78 is 0. The Labute approximate surface area is 87.6 Å². The molecule has 72 valence electrons. The van der Waals surface area contributed by atoms with Gasteiger partial charge in [0.05, 0.1) is 5.69 Å². The Morgan fingerprint density at radius 2 is 1.67 bits per heavy atom. The summed E-state index contributed by atoms with van der Waals surface area (Å²) in [6, 6.07) is 11.4. The van der Waals surface area contributed by atoms with Crippen molar-refractivity contribution in [2.75, 3.05) is 0 Å². The smallest absolute Gasteiger partial charge is 0.195 e. The molecule has 1 aromatic heterocycles. The van der Waals surface area contributed by atoms with E-state index >= 15 is 0 Å². The molecule has 1 aliphatic carbocycles. The number of aryl methyl sites for hydroxylation is 1. The minimum absolute atomic E-state index is 0.0908. The molecule has 0 saturated carbocycles. The molecule has 0 unspecified atom stereocenters. The number of ketones is 1. The fourth-order valence-corrected chi connectivity index (χ4v) is 1.98. The molecule has 0 radical (unpaired) electrons. The van der Waals surface area contributed by atoms with Crippen LogP contribution in [0.2, 0.25) is 0 Å². The summed E-state index contributed by atoms with van der Waals surface area (Å²) in [5, 5.41) is 0. The van der Waals surface area contributed by atoms with Crippen LogP contribution in [0.5, 0.6) is 0 Å². The first-order valence-electron chi connectivity index (χ1n) is 4.89. The van der Waals surface area contributed by atoms with E-state index in [2.05, 4.69) is 4.98 Å². The Hall–Kier alpha value is -1.96. The van der Waals surface area contributed by atoms with Gasteiger partial charge in [-0.2, -0.15) is 0 Å². The van der Waals surface area contributed by atoms with Crippen molar-refractivity contribution >= 4 is 5.78 Å². The summed E-state index contributed by atoms with van der Waals surface area (Å²) in [4.78, 5) is 16.4. The Balaban J connectivity index is 2.39. The number of pyridine rings is 1. The molecule has 3 rings (SSSR count). The molecule has 15 heavy (non-hydrogen) atoms. The molecule has 1 heterocycles. The van der Waals surface area contributed by atoms with Crippen LogP contribution < -0.4 is 0 Å². The van der Waals surface area contributed by atoms with Gasteiger partial charge in [0.15, 0.2) is 5.78 Å². The zero-order valence-corrected chi connectivity index (χ0v) is 8.32. The van der Waals surface area contributed by atoms with E-state index in [0.29, 0.717) is 0 Å². The molecule has 1 aliphatic rings. The number of aromatic nitrogens is 1. The molecule has 0 fully saturated rings. The second-order valence-electron chi connectivity index (χ2n) is 3.72. The summed E-state index contributed by atoms with van der Waals surface area (Å²) >= 11 is 0. The van der Waals surface area contributed by atoms with Crippen molar-refractivity contribution in [1.29, 1.82) is 0 Å². The van der Waals surface area contributed by atoms with Crippen LogP contribution in [0.25, 0.3) is 11.3 Å². The third kappa shape index (κ3) is 1.05. The van der Waals surface area contributed by atoms with E-state index in [1.165, 1.54) is 0 Å². The molecule has 0 atom stereocenters. The third-order valence-electron chi connectivity index (χ3n) is 2.71. The van der Waals surface area contributed by atoms with Crippen molar-refractivity contribution < 1.29 is 4.79 Å². The lowest BCUT2D eigenvalue weighted by molar-refractivity contribution is 0.104. The number of hydrogen-bond acceptors (Lipinski definition) is 2. The average Bonchev–Trinajstić information content (AvgIpc) is 2.54. The Kier molecular flexibility index (Phi) is 1.54. The van der Waals surface area contributed by atoms with Gasteiger partial charge in [-0.05, 0) is 19.1 Å². The third-order valence-corrected chi connectivity index (χ3v) is 2.71. The minimum Gasteiger partial charge on any atom is -0.289 e. The molecule has 0 aliphatic heterocycles. The molecule has 1 aromatic carbocycles. The van der Waals surface area contributed by atoms with Crippen molar-refractivity contribution in [2.45, 2.75) is 6.92 Å². The molecule has 0 bridgehead atoms. The molecule has 2 heteroatoms. The Bertz CT molecular complexity index is 572. The van der Waals surface area contributed by atoms with Gasteiger partial charge in [-0.1, -0.05) is 24.3 Å². The van der Waals surface area contributed by atoms with Gasteiger partial charge in [0.2, 0.25) is 0 Å². The molecule has 0 saturated heterocycles. The SMILES string of the molecule is Cc1ccc2c(n1)-c1ccccc1C2=O. The van der Waals surface area contributed by atoms with Gasteiger partial charge < -0.3 is 0 Å². The van der Waals surface area contributed by atoms with Crippen LogP contribution in [0.3, 0.4) is 0 Å². The first-order valence-corrected chi connectivity index (χ1v) is 4.89. The topological polar surface area (TPSA) is 30.0 Å². The van der Waals surface area contributed by atoms with E-state index in [1.807, 2.05) is 43.3 Å². The highest BCUT2D eigenvalue weighted by Crippen LogP contribution is 2.34. The summed E-state index contributed by atoms with van der Waals surface area (Å²) in [7, 11) is 0. The monoisotopic (exact) mass is 195 g/mol.